The van der Waals surface area contributed by atoms with Crippen LogP contribution in [-0.4, -0.2) is 76.7 Å². The van der Waals surface area contributed by atoms with Crippen LogP contribution in [0.15, 0.2) is 111 Å². The van der Waals surface area contributed by atoms with E-state index in [9.17, 15) is 9.59 Å². The van der Waals surface area contributed by atoms with Gasteiger partial charge in [-0.1, -0.05) is 77.9 Å². The predicted octanol–water partition coefficient (Wildman–Crippen LogP) is 7.54. The van der Waals surface area contributed by atoms with Crippen molar-refractivity contribution in [1.29, 1.82) is 0 Å². The standard InChI is InChI=1S/C62H64N14O2.ClH.Fe/c1-9-41-37(5)47-31-48-39(7)43(17-23-57(77)65-27-13-25-63-55-21-19-45-61(73-55)75-29-11-15-35(3)59(75)71-45)53(69-48)34-54-44(40(8)50(70-54)33-52-42(10-2)38(6)49(68-52)32-51(41)67-47)18-24-58(78)66-28-14-26-64-56-22-20-46-62(74-56)76-30-12-16-36(4)60(76)72-46;;/h9-12,15-16,19-22,29-34H,1-2,13-14,17-18,23-28H2,3-8H3,(H6,63,64,65,66,67,68,69,70,73,74,77,78);1H;/q;;+3/p-3. The third-order valence-corrected chi connectivity index (χ3v) is 15.0. The first-order chi connectivity index (χ1) is 37.8. The Morgan fingerprint density at radius 1 is 0.525 bits per heavy atom. The molecule has 9 aromatic heterocycles. The molecule has 11 heterocycles. The molecule has 80 heavy (non-hydrogen) atoms. The molecule has 16 nitrogen and oxygen atoms in total. The fourth-order valence-corrected chi connectivity index (χ4v) is 10.5. The van der Waals surface area contributed by atoms with Crippen LogP contribution >= 0.6 is 0 Å². The zero-order valence-corrected chi connectivity index (χ0v) is 47.6. The molecule has 0 atom stereocenters. The van der Waals surface area contributed by atoms with Gasteiger partial charge in [0.05, 0.1) is 22.8 Å². The van der Waals surface area contributed by atoms with E-state index in [-0.39, 0.29) is 54.1 Å². The number of allylic oxidation sites excluding steroid dienone is 6. The van der Waals surface area contributed by atoms with Crippen LogP contribution in [0.2, 0.25) is 0 Å². The number of pyridine rings is 4. The van der Waals surface area contributed by atoms with E-state index in [1.54, 1.807) is 0 Å². The molecule has 0 saturated heterocycles. The van der Waals surface area contributed by atoms with Crippen molar-refractivity contribution in [3.05, 3.63) is 167 Å². The van der Waals surface area contributed by atoms with Gasteiger partial charge in [0.15, 0.2) is 11.3 Å². The van der Waals surface area contributed by atoms with Crippen LogP contribution in [0.5, 0.6) is 0 Å². The number of imidazole rings is 2. The summed E-state index contributed by atoms with van der Waals surface area (Å²) in [6, 6.07) is 24.0. The minimum absolute atomic E-state index is 0. The van der Waals surface area contributed by atoms with Crippen molar-refractivity contribution in [3.63, 3.8) is 0 Å². The first-order valence-corrected chi connectivity index (χ1v) is 26.7. The molecule has 18 heteroatoms. The minimum Gasteiger partial charge on any atom is -1.00 e. The summed E-state index contributed by atoms with van der Waals surface area (Å²) in [5.74, 6) is 1.40. The van der Waals surface area contributed by atoms with Gasteiger partial charge in [0.25, 0.3) is 0 Å². The summed E-state index contributed by atoms with van der Waals surface area (Å²) in [4.78, 5) is 67.0. The molecule has 2 aliphatic heterocycles. The molecule has 9 aromatic rings. The third-order valence-electron chi connectivity index (χ3n) is 15.0. The van der Waals surface area contributed by atoms with Crippen LogP contribution in [0.1, 0.15) is 95.7 Å². The summed E-state index contributed by atoms with van der Waals surface area (Å²) in [5.41, 5.74) is 20.9. The number of carbonyl (C=O) groups excluding carboxylic acids is 2. The van der Waals surface area contributed by atoms with Crippen LogP contribution in [0.3, 0.4) is 0 Å². The Morgan fingerprint density at radius 3 is 1.43 bits per heavy atom. The number of aryl methyl sites for hydroxylation is 6. The van der Waals surface area contributed by atoms with Gasteiger partial charge in [-0.2, -0.15) is 0 Å². The van der Waals surface area contributed by atoms with E-state index in [1.165, 1.54) is 0 Å². The molecular formula is C62H62ClFeN14O2. The molecule has 0 saturated carbocycles. The molecule has 0 aromatic carbocycles. The number of nitrogens with zero attached hydrogens (tertiary/aromatic N) is 10. The Bertz CT molecular complexity index is 4180. The van der Waals surface area contributed by atoms with E-state index < -0.39 is 0 Å². The number of nitrogens with one attached hydrogen (secondary N) is 4. The zero-order valence-electron chi connectivity index (χ0n) is 45.7. The second-order valence-electron chi connectivity index (χ2n) is 20.1. The molecule has 407 valence electrons. The molecule has 0 unspecified atom stereocenters. The quantitative estimate of drug-likeness (QED) is 0.0488. The van der Waals surface area contributed by atoms with Crippen molar-refractivity contribution in [3.8, 4) is 0 Å². The smallest absolute Gasteiger partial charge is 1.00 e. The van der Waals surface area contributed by atoms with E-state index in [0.717, 1.165) is 146 Å². The third kappa shape index (κ3) is 11.1. The number of halogens is 1. The largest absolute Gasteiger partial charge is 3.00 e. The molecule has 2 aliphatic rings. The van der Waals surface area contributed by atoms with Crippen LogP contribution in [0, 0.1) is 27.7 Å². The van der Waals surface area contributed by atoms with Crippen molar-refractivity contribution in [2.24, 2.45) is 0 Å². The molecular weight excluding hydrogens is 1060 g/mol. The number of hydrogen-bond donors (Lipinski definition) is 4. The maximum absolute atomic E-state index is 13.6. The number of rotatable bonds is 18. The van der Waals surface area contributed by atoms with Crippen LogP contribution < -0.4 is 43.6 Å². The molecule has 4 N–H and O–H groups in total. The summed E-state index contributed by atoms with van der Waals surface area (Å²) in [6.07, 6.45) is 10.5. The van der Waals surface area contributed by atoms with Gasteiger partial charge >= 0.3 is 17.1 Å². The van der Waals surface area contributed by atoms with Crippen molar-refractivity contribution < 1.29 is 39.1 Å². The number of fused-ring (bicyclic) bond motifs is 14. The number of hydrogen-bond acceptors (Lipinski definition) is 10. The Labute approximate surface area is 480 Å². The van der Waals surface area contributed by atoms with Gasteiger partial charge in [-0.05, 0) is 132 Å². The van der Waals surface area contributed by atoms with Gasteiger partial charge in [0, 0.05) is 62.6 Å². The summed E-state index contributed by atoms with van der Waals surface area (Å²) in [7, 11) is 0. The fraction of sp³-hybridized carbons (Fsp3) is 0.258. The van der Waals surface area contributed by atoms with E-state index in [2.05, 4.69) is 41.3 Å². The van der Waals surface area contributed by atoms with Crippen molar-refractivity contribution in [1.82, 2.24) is 59.3 Å². The first kappa shape index (κ1) is 56.4. The molecule has 0 fully saturated rings. The van der Waals surface area contributed by atoms with Crippen LogP contribution in [-0.2, 0) is 39.5 Å². The van der Waals surface area contributed by atoms with Gasteiger partial charge in [-0.3, -0.25) is 18.4 Å². The molecule has 11 rings (SSSR count). The Kier molecular flexibility index (Phi) is 16.9. The van der Waals surface area contributed by atoms with Gasteiger partial charge in [-0.15, -0.1) is 22.1 Å². The molecule has 0 spiro atoms. The van der Waals surface area contributed by atoms with Crippen LogP contribution in [0.25, 0.3) is 78.0 Å². The fourth-order valence-electron chi connectivity index (χ4n) is 10.5. The number of carbonyl (C=O) groups is 2. The van der Waals surface area contributed by atoms with E-state index in [1.807, 2.05) is 141 Å². The van der Waals surface area contributed by atoms with Crippen molar-refractivity contribution in [2.75, 3.05) is 36.8 Å². The predicted molar refractivity (Wildman–Crippen MR) is 313 cm³/mol. The molecule has 8 bridgehead atoms. The van der Waals surface area contributed by atoms with Crippen molar-refractivity contribution in [2.45, 2.75) is 80.1 Å². The average molecular weight is 1130 g/mol. The Balaban J connectivity index is 0.00000387. The van der Waals surface area contributed by atoms with E-state index in [4.69, 9.17) is 39.9 Å². The van der Waals surface area contributed by atoms with Crippen molar-refractivity contribution >= 4 is 101 Å². The normalized spacial score (nSPS) is 12.3. The van der Waals surface area contributed by atoms with Gasteiger partial charge < -0.3 is 43.6 Å². The molecule has 2 amide bonds. The number of aromatic nitrogens is 10. The Hall–Kier alpha value is -8.37. The average Bonchev–Trinajstić information content (AvgIpc) is 4.34. The SMILES string of the molecule is C=CC1=C(C)c2cc3[n-]c(cc4[n-]c(cc5nc(cc1n2)C(C)=C5C=C)c(C)c4CCC(=O)NCCCNc1ccc2nc4c(C)cccn4c2n1)c(CCC(=O)NCCCNc1ccc2nc4c(C)cccn4c2n1)c3C.[Cl-].[Fe+3]. The first-order valence-electron chi connectivity index (χ1n) is 26.7. The maximum Gasteiger partial charge on any atom is 3.00 e. The molecule has 0 aliphatic carbocycles. The number of anilines is 2. The summed E-state index contributed by atoms with van der Waals surface area (Å²) in [6.45, 7) is 22.8. The maximum atomic E-state index is 13.6. The second-order valence-corrected chi connectivity index (χ2v) is 20.1. The summed E-state index contributed by atoms with van der Waals surface area (Å²) >= 11 is 0. The van der Waals surface area contributed by atoms with E-state index in [0.29, 0.717) is 51.9 Å². The second kappa shape index (κ2) is 23.9. The minimum atomic E-state index is -0.0533. The summed E-state index contributed by atoms with van der Waals surface area (Å²) in [5, 5.41) is 13.1. The monoisotopic (exact) mass is 1130 g/mol. The van der Waals surface area contributed by atoms with Gasteiger partial charge in [0.2, 0.25) is 11.8 Å². The van der Waals surface area contributed by atoms with Gasteiger partial charge in [-0.25, -0.2) is 29.9 Å². The topological polar surface area (TPSA) is 197 Å². The van der Waals surface area contributed by atoms with E-state index >= 15 is 0 Å². The molecule has 1 radical (unpaired) electrons. The summed E-state index contributed by atoms with van der Waals surface area (Å²) < 4.78 is 4.02. The zero-order chi connectivity index (χ0) is 54.2. The number of amides is 2. The van der Waals surface area contributed by atoms with Gasteiger partial charge in [0.1, 0.15) is 34.0 Å². The van der Waals surface area contributed by atoms with Crippen LogP contribution in [0.4, 0.5) is 11.6 Å². The Morgan fingerprint density at radius 2 is 0.963 bits per heavy atom.